The van der Waals surface area contributed by atoms with Crippen LogP contribution in [0.15, 0.2) is 10.6 Å². The number of nitrogens with one attached hydrogen (secondary N) is 1. The summed E-state index contributed by atoms with van der Waals surface area (Å²) in [6.07, 6.45) is 1.60. The lowest BCUT2D eigenvalue weighted by Gasteiger charge is -2.35. The number of carboxylic acid groups (broad SMARTS) is 1. The molecule has 0 saturated heterocycles. The Morgan fingerprint density at radius 2 is 2.29 bits per heavy atom. The molecule has 1 aliphatic carbocycles. The standard InChI is InChI=1S/C11H14N2O4/c1-7-5-8(13-17-7)6-12-9(14)11(10(15)16)3-2-4-11/h5H,2-4,6H2,1H3,(H,12,14)(H,15,16). The predicted molar refractivity (Wildman–Crippen MR) is 57.0 cm³/mol. The molecular weight excluding hydrogens is 224 g/mol. The maximum atomic E-state index is 11.8. The molecule has 2 N–H and O–H groups in total. The van der Waals surface area contributed by atoms with Gasteiger partial charge in [-0.2, -0.15) is 0 Å². The summed E-state index contributed by atoms with van der Waals surface area (Å²) in [5, 5.41) is 15.4. The average Bonchev–Trinajstić information content (AvgIpc) is 2.59. The van der Waals surface area contributed by atoms with Crippen LogP contribution in [0.4, 0.5) is 0 Å². The summed E-state index contributed by atoms with van der Waals surface area (Å²) >= 11 is 0. The Morgan fingerprint density at radius 3 is 2.71 bits per heavy atom. The van der Waals surface area contributed by atoms with E-state index in [2.05, 4.69) is 10.5 Å². The van der Waals surface area contributed by atoms with E-state index in [0.717, 1.165) is 6.42 Å². The molecule has 6 nitrogen and oxygen atoms in total. The molecular formula is C11H14N2O4. The highest BCUT2D eigenvalue weighted by Crippen LogP contribution is 2.41. The van der Waals surface area contributed by atoms with Crippen LogP contribution in [0.5, 0.6) is 0 Å². The van der Waals surface area contributed by atoms with Crippen LogP contribution in [-0.4, -0.2) is 22.1 Å². The van der Waals surface area contributed by atoms with Crippen molar-refractivity contribution in [3.63, 3.8) is 0 Å². The molecule has 1 fully saturated rings. The lowest BCUT2D eigenvalue weighted by molar-refractivity contribution is -0.162. The Balaban J connectivity index is 1.95. The second kappa shape index (κ2) is 4.20. The largest absolute Gasteiger partial charge is 0.480 e. The summed E-state index contributed by atoms with van der Waals surface area (Å²) in [6.45, 7) is 1.95. The third-order valence-electron chi connectivity index (χ3n) is 3.16. The Kier molecular flexibility index (Phi) is 2.87. The minimum atomic E-state index is -1.22. The summed E-state index contributed by atoms with van der Waals surface area (Å²) in [5.74, 6) is -0.819. The highest BCUT2D eigenvalue weighted by Gasteiger charge is 2.51. The van der Waals surface area contributed by atoms with E-state index in [0.29, 0.717) is 24.3 Å². The molecule has 0 unspecified atom stereocenters. The first-order valence-corrected chi connectivity index (χ1v) is 5.48. The van der Waals surface area contributed by atoms with Crippen molar-refractivity contribution in [2.75, 3.05) is 0 Å². The van der Waals surface area contributed by atoms with Gasteiger partial charge in [-0.15, -0.1) is 0 Å². The van der Waals surface area contributed by atoms with Gasteiger partial charge in [0, 0.05) is 6.07 Å². The number of aliphatic carboxylic acids is 1. The van der Waals surface area contributed by atoms with E-state index in [1.54, 1.807) is 13.0 Å². The Morgan fingerprint density at radius 1 is 1.59 bits per heavy atom. The van der Waals surface area contributed by atoms with Crippen molar-refractivity contribution in [2.24, 2.45) is 5.41 Å². The highest BCUT2D eigenvalue weighted by molar-refractivity contribution is 6.02. The van der Waals surface area contributed by atoms with Crippen LogP contribution in [0.1, 0.15) is 30.7 Å². The Hall–Kier alpha value is -1.85. The zero-order chi connectivity index (χ0) is 12.5. The van der Waals surface area contributed by atoms with Gasteiger partial charge in [-0.05, 0) is 19.8 Å². The number of hydrogen-bond acceptors (Lipinski definition) is 4. The number of rotatable bonds is 4. The minimum Gasteiger partial charge on any atom is -0.480 e. The van der Waals surface area contributed by atoms with Crippen molar-refractivity contribution < 1.29 is 19.2 Å². The Bertz CT molecular complexity index is 448. The SMILES string of the molecule is Cc1cc(CNC(=O)C2(C(=O)O)CCC2)no1. The van der Waals surface area contributed by atoms with Crippen LogP contribution in [0.25, 0.3) is 0 Å². The molecule has 6 heteroatoms. The van der Waals surface area contributed by atoms with Gasteiger partial charge in [0.25, 0.3) is 0 Å². The van der Waals surface area contributed by atoms with Gasteiger partial charge in [0.15, 0.2) is 0 Å². The number of amides is 1. The zero-order valence-electron chi connectivity index (χ0n) is 9.52. The summed E-state index contributed by atoms with van der Waals surface area (Å²) in [4.78, 5) is 22.9. The molecule has 1 aliphatic rings. The van der Waals surface area contributed by atoms with E-state index >= 15 is 0 Å². The lowest BCUT2D eigenvalue weighted by Crippen LogP contribution is -2.50. The topological polar surface area (TPSA) is 92.4 Å². The first kappa shape index (κ1) is 11.6. The van der Waals surface area contributed by atoms with Crippen molar-refractivity contribution in [3.8, 4) is 0 Å². The fraction of sp³-hybridized carbons (Fsp3) is 0.545. The molecule has 0 spiro atoms. The second-order valence-corrected chi connectivity index (χ2v) is 4.35. The molecule has 1 aromatic rings. The fourth-order valence-electron chi connectivity index (χ4n) is 1.91. The molecule has 0 radical (unpaired) electrons. The van der Waals surface area contributed by atoms with Crippen molar-refractivity contribution in [3.05, 3.63) is 17.5 Å². The molecule has 0 aromatic carbocycles. The maximum Gasteiger partial charge on any atom is 0.319 e. The predicted octanol–water partition coefficient (Wildman–Crippen LogP) is 0.854. The van der Waals surface area contributed by atoms with Crippen LogP contribution in [-0.2, 0) is 16.1 Å². The molecule has 1 amide bonds. The first-order chi connectivity index (χ1) is 8.04. The van der Waals surface area contributed by atoms with Gasteiger partial charge in [0.2, 0.25) is 5.91 Å². The van der Waals surface area contributed by atoms with Gasteiger partial charge in [-0.3, -0.25) is 9.59 Å². The van der Waals surface area contributed by atoms with Crippen LogP contribution in [0.3, 0.4) is 0 Å². The van der Waals surface area contributed by atoms with E-state index in [-0.39, 0.29) is 6.54 Å². The number of carbonyl (C=O) groups excluding carboxylic acids is 1. The van der Waals surface area contributed by atoms with E-state index in [1.807, 2.05) is 0 Å². The number of nitrogens with zero attached hydrogens (tertiary/aromatic N) is 1. The summed E-state index contributed by atoms with van der Waals surface area (Å²) < 4.78 is 4.85. The number of hydrogen-bond donors (Lipinski definition) is 2. The third kappa shape index (κ3) is 2.02. The summed E-state index contributed by atoms with van der Waals surface area (Å²) in [6, 6.07) is 1.70. The quantitative estimate of drug-likeness (QED) is 0.759. The monoisotopic (exact) mass is 238 g/mol. The first-order valence-electron chi connectivity index (χ1n) is 5.48. The van der Waals surface area contributed by atoms with E-state index in [9.17, 15) is 9.59 Å². The van der Waals surface area contributed by atoms with E-state index in [1.165, 1.54) is 0 Å². The number of carbonyl (C=O) groups is 2. The lowest BCUT2D eigenvalue weighted by atomic mass is 9.68. The van der Waals surface area contributed by atoms with Gasteiger partial charge in [0.1, 0.15) is 16.9 Å². The van der Waals surface area contributed by atoms with Gasteiger partial charge < -0.3 is 14.9 Å². The van der Waals surface area contributed by atoms with Crippen molar-refractivity contribution >= 4 is 11.9 Å². The van der Waals surface area contributed by atoms with E-state index in [4.69, 9.17) is 9.63 Å². The van der Waals surface area contributed by atoms with Gasteiger partial charge in [0.05, 0.1) is 6.54 Å². The smallest absolute Gasteiger partial charge is 0.319 e. The summed E-state index contributed by atoms with van der Waals surface area (Å²) in [7, 11) is 0. The van der Waals surface area contributed by atoms with E-state index < -0.39 is 17.3 Å². The van der Waals surface area contributed by atoms with Crippen molar-refractivity contribution in [1.82, 2.24) is 10.5 Å². The summed E-state index contributed by atoms with van der Waals surface area (Å²) in [5.41, 5.74) is -0.630. The van der Waals surface area contributed by atoms with Crippen LogP contribution < -0.4 is 5.32 Å². The van der Waals surface area contributed by atoms with Gasteiger partial charge in [-0.25, -0.2) is 0 Å². The molecule has 92 valence electrons. The third-order valence-corrected chi connectivity index (χ3v) is 3.16. The zero-order valence-corrected chi connectivity index (χ0v) is 9.52. The maximum absolute atomic E-state index is 11.8. The second-order valence-electron chi connectivity index (χ2n) is 4.35. The van der Waals surface area contributed by atoms with Gasteiger partial charge in [-0.1, -0.05) is 11.6 Å². The minimum absolute atomic E-state index is 0.200. The van der Waals surface area contributed by atoms with Crippen molar-refractivity contribution in [1.29, 1.82) is 0 Å². The van der Waals surface area contributed by atoms with Crippen molar-refractivity contribution in [2.45, 2.75) is 32.7 Å². The normalized spacial score (nSPS) is 17.2. The van der Waals surface area contributed by atoms with Gasteiger partial charge >= 0.3 is 5.97 Å². The molecule has 2 rings (SSSR count). The van der Waals surface area contributed by atoms with Crippen LogP contribution in [0.2, 0.25) is 0 Å². The molecule has 17 heavy (non-hydrogen) atoms. The fourth-order valence-corrected chi connectivity index (χ4v) is 1.91. The molecule has 0 aliphatic heterocycles. The number of aryl methyl sites for hydroxylation is 1. The molecule has 1 saturated carbocycles. The molecule has 1 aromatic heterocycles. The van der Waals surface area contributed by atoms with Crippen LogP contribution >= 0.6 is 0 Å². The average molecular weight is 238 g/mol. The van der Waals surface area contributed by atoms with Crippen LogP contribution in [0, 0.1) is 12.3 Å². The Labute approximate surface area is 98.0 Å². The highest BCUT2D eigenvalue weighted by atomic mass is 16.5. The number of carboxylic acids is 1. The number of aromatic nitrogens is 1. The molecule has 0 atom stereocenters. The molecule has 1 heterocycles. The molecule has 0 bridgehead atoms.